The van der Waals surface area contributed by atoms with Crippen LogP contribution in [0.5, 0.6) is 6.01 Å². The zero-order valence-corrected chi connectivity index (χ0v) is 25.8. The Hall–Kier alpha value is -4.23. The van der Waals surface area contributed by atoms with Crippen LogP contribution in [-0.4, -0.2) is 90.2 Å². The molecular formula is C34H40FN7O2. The van der Waals surface area contributed by atoms with Gasteiger partial charge in [-0.25, -0.2) is 11.0 Å². The molecule has 0 spiro atoms. The molecule has 2 aromatic carbocycles. The minimum absolute atomic E-state index is 0.0748. The molecule has 3 heterocycles. The number of rotatable bonds is 9. The molecule has 10 heteroatoms. The Kier molecular flexibility index (Phi) is 8.41. The minimum atomic E-state index is -1.00. The van der Waals surface area contributed by atoms with Gasteiger partial charge in [-0.2, -0.15) is 9.97 Å². The van der Waals surface area contributed by atoms with Gasteiger partial charge in [-0.1, -0.05) is 36.9 Å². The SMILES string of the molecule is [C-]#[N+]C[C@H]1CN(c2nc(OC[C@@H](C)N(C)C3CC3)nc3c2CCN(c2cccc4cccc(C)c24)C3)CCN1C(=O)C(=C)F. The van der Waals surface area contributed by atoms with Crippen LogP contribution in [0.3, 0.4) is 0 Å². The third-order valence-corrected chi connectivity index (χ3v) is 9.30. The van der Waals surface area contributed by atoms with E-state index >= 15 is 0 Å². The molecule has 1 aliphatic carbocycles. The van der Waals surface area contributed by atoms with E-state index in [1.807, 2.05) is 0 Å². The Bertz CT molecular complexity index is 1610. The van der Waals surface area contributed by atoms with Crippen molar-refractivity contribution in [3.8, 4) is 6.01 Å². The summed E-state index contributed by atoms with van der Waals surface area (Å²) in [6, 6.07) is 13.5. The second-order valence-electron chi connectivity index (χ2n) is 12.3. The lowest BCUT2D eigenvalue weighted by Gasteiger charge is -2.41. The maximum Gasteiger partial charge on any atom is 0.318 e. The standard InChI is InChI=1S/C34H40FN7O2/c1-22-8-6-9-25-10-7-11-30(31(22)25)40-15-14-28-29(20-40)37-34(44-21-23(2)39(5)26-12-13-26)38-32(28)41-16-17-42(33(43)24(3)35)27(19-41)18-36-4/h6-11,23,26-27H,3,12-21H2,1-2,5H3/t23-,27+/m1/s1. The molecule has 0 bridgehead atoms. The van der Waals surface area contributed by atoms with E-state index in [4.69, 9.17) is 21.3 Å². The maximum absolute atomic E-state index is 13.8. The highest BCUT2D eigenvalue weighted by Crippen LogP contribution is 2.36. The molecule has 44 heavy (non-hydrogen) atoms. The quantitative estimate of drug-likeness (QED) is 0.260. The number of aromatic nitrogens is 2. The van der Waals surface area contributed by atoms with Gasteiger partial charge in [0.2, 0.25) is 6.54 Å². The number of ether oxygens (including phenoxy) is 1. The van der Waals surface area contributed by atoms with E-state index in [0.29, 0.717) is 38.3 Å². The first-order chi connectivity index (χ1) is 21.2. The van der Waals surface area contributed by atoms with Gasteiger partial charge in [0.1, 0.15) is 18.5 Å². The van der Waals surface area contributed by atoms with Gasteiger partial charge in [-0.15, -0.1) is 0 Å². The summed E-state index contributed by atoms with van der Waals surface area (Å²) in [5, 5.41) is 2.46. The molecule has 0 radical (unpaired) electrons. The Morgan fingerprint density at radius 3 is 2.68 bits per heavy atom. The molecule has 230 valence electrons. The van der Waals surface area contributed by atoms with Crippen molar-refractivity contribution in [1.29, 1.82) is 0 Å². The molecule has 1 amide bonds. The molecule has 1 aromatic heterocycles. The second kappa shape index (κ2) is 12.4. The number of amides is 1. The molecule has 2 fully saturated rings. The molecule has 9 nitrogen and oxygen atoms in total. The van der Waals surface area contributed by atoms with Crippen LogP contribution in [0, 0.1) is 13.5 Å². The van der Waals surface area contributed by atoms with Gasteiger partial charge >= 0.3 is 6.01 Å². The third kappa shape index (κ3) is 5.93. The highest BCUT2D eigenvalue weighted by atomic mass is 19.1. The summed E-state index contributed by atoms with van der Waals surface area (Å²) >= 11 is 0. The molecule has 1 saturated heterocycles. The van der Waals surface area contributed by atoms with Crippen molar-refractivity contribution in [1.82, 2.24) is 19.8 Å². The summed E-state index contributed by atoms with van der Waals surface area (Å²) in [6.07, 6.45) is 3.18. The lowest BCUT2D eigenvalue weighted by atomic mass is 9.99. The molecule has 6 rings (SSSR count). The fourth-order valence-electron chi connectivity index (χ4n) is 6.58. The molecule has 0 unspecified atom stereocenters. The largest absolute Gasteiger partial charge is 0.462 e. The topological polar surface area (TPSA) is 69.4 Å². The van der Waals surface area contributed by atoms with E-state index in [1.54, 1.807) is 0 Å². The number of fused-ring (bicyclic) bond motifs is 2. The van der Waals surface area contributed by atoms with Crippen LogP contribution in [-0.2, 0) is 17.8 Å². The van der Waals surface area contributed by atoms with Crippen LogP contribution in [0.4, 0.5) is 15.9 Å². The first-order valence-corrected chi connectivity index (χ1v) is 15.5. The number of anilines is 2. The van der Waals surface area contributed by atoms with Crippen LogP contribution >= 0.6 is 0 Å². The maximum atomic E-state index is 13.8. The molecule has 2 aliphatic heterocycles. The summed E-state index contributed by atoms with van der Waals surface area (Å²) in [7, 11) is 2.14. The summed E-state index contributed by atoms with van der Waals surface area (Å²) in [5.41, 5.74) is 4.40. The zero-order chi connectivity index (χ0) is 31.0. The van der Waals surface area contributed by atoms with Gasteiger partial charge < -0.3 is 24.3 Å². The predicted molar refractivity (Wildman–Crippen MR) is 171 cm³/mol. The molecule has 3 aliphatic rings. The summed E-state index contributed by atoms with van der Waals surface area (Å²) in [6.45, 7) is 18.0. The number of nitrogens with zero attached hydrogens (tertiary/aromatic N) is 7. The number of benzene rings is 2. The van der Waals surface area contributed by atoms with Gasteiger partial charge in [0, 0.05) is 54.9 Å². The summed E-state index contributed by atoms with van der Waals surface area (Å²) in [5.74, 6) is -0.970. The van der Waals surface area contributed by atoms with Crippen LogP contribution in [0.15, 0.2) is 48.8 Å². The van der Waals surface area contributed by atoms with Crippen LogP contribution in [0.25, 0.3) is 15.6 Å². The fourth-order valence-corrected chi connectivity index (χ4v) is 6.58. The van der Waals surface area contributed by atoms with Crippen LogP contribution in [0.1, 0.15) is 36.6 Å². The monoisotopic (exact) mass is 597 g/mol. The number of aryl methyl sites for hydroxylation is 1. The van der Waals surface area contributed by atoms with E-state index in [0.717, 1.165) is 30.0 Å². The molecule has 0 N–H and O–H groups in total. The number of carbonyl (C=O) groups excluding carboxylic acids is 1. The Labute approximate surface area is 258 Å². The van der Waals surface area contributed by atoms with E-state index in [9.17, 15) is 9.18 Å². The van der Waals surface area contributed by atoms with Crippen molar-refractivity contribution < 1.29 is 13.9 Å². The number of halogens is 1. The van der Waals surface area contributed by atoms with E-state index in [1.165, 1.54) is 39.8 Å². The summed E-state index contributed by atoms with van der Waals surface area (Å²) < 4.78 is 20.1. The van der Waals surface area contributed by atoms with Crippen LogP contribution in [0.2, 0.25) is 0 Å². The lowest BCUT2D eigenvalue weighted by Crippen LogP contribution is -2.57. The molecular weight excluding hydrogens is 557 g/mol. The highest BCUT2D eigenvalue weighted by molar-refractivity contribution is 5.97. The number of piperazine rings is 1. The van der Waals surface area contributed by atoms with Crippen molar-refractivity contribution in [2.24, 2.45) is 0 Å². The van der Waals surface area contributed by atoms with Crippen LogP contribution < -0.4 is 14.5 Å². The molecule has 3 aromatic rings. The van der Waals surface area contributed by atoms with Gasteiger partial charge in [0.05, 0.1) is 12.2 Å². The predicted octanol–water partition coefficient (Wildman–Crippen LogP) is 4.78. The van der Waals surface area contributed by atoms with Crippen molar-refractivity contribution in [3.05, 3.63) is 77.0 Å². The Balaban J connectivity index is 1.33. The van der Waals surface area contributed by atoms with Crippen molar-refractivity contribution >= 4 is 28.2 Å². The third-order valence-electron chi connectivity index (χ3n) is 9.30. The summed E-state index contributed by atoms with van der Waals surface area (Å²) in [4.78, 5) is 34.3. The Morgan fingerprint density at radius 2 is 1.95 bits per heavy atom. The first-order valence-electron chi connectivity index (χ1n) is 15.5. The van der Waals surface area contributed by atoms with Crippen molar-refractivity contribution in [2.45, 2.75) is 57.8 Å². The normalized spacial score (nSPS) is 19.1. The highest BCUT2D eigenvalue weighted by Gasteiger charge is 2.36. The van der Waals surface area contributed by atoms with Crippen molar-refractivity contribution in [2.75, 3.05) is 56.2 Å². The zero-order valence-electron chi connectivity index (χ0n) is 25.8. The van der Waals surface area contributed by atoms with Crippen molar-refractivity contribution in [3.63, 3.8) is 0 Å². The fraction of sp³-hybridized carbons (Fsp3) is 0.471. The van der Waals surface area contributed by atoms with Gasteiger partial charge in [0.15, 0.2) is 5.83 Å². The van der Waals surface area contributed by atoms with E-state index < -0.39 is 17.8 Å². The number of hydrogen-bond donors (Lipinski definition) is 0. The van der Waals surface area contributed by atoms with Gasteiger partial charge in [-0.3, -0.25) is 9.69 Å². The lowest BCUT2D eigenvalue weighted by molar-refractivity contribution is -0.131. The van der Waals surface area contributed by atoms with E-state index in [2.05, 4.69) is 83.4 Å². The Morgan fingerprint density at radius 1 is 1.18 bits per heavy atom. The smallest absolute Gasteiger partial charge is 0.318 e. The van der Waals surface area contributed by atoms with Gasteiger partial charge in [0.25, 0.3) is 5.91 Å². The number of likely N-dealkylation sites (N-methyl/N-ethyl adjacent to an activating group) is 1. The number of carbonyl (C=O) groups is 1. The average Bonchev–Trinajstić information content (AvgIpc) is 3.88. The van der Waals surface area contributed by atoms with E-state index in [-0.39, 0.29) is 19.1 Å². The molecule has 1 saturated carbocycles. The molecule has 2 atom stereocenters. The average molecular weight is 598 g/mol. The second-order valence-corrected chi connectivity index (χ2v) is 12.3. The van der Waals surface area contributed by atoms with Gasteiger partial charge in [-0.05, 0) is 57.2 Å². The minimum Gasteiger partial charge on any atom is -0.462 e. The first kappa shape index (κ1) is 29.8. The number of hydrogen-bond acceptors (Lipinski definition) is 7.